The van der Waals surface area contributed by atoms with Gasteiger partial charge in [0.05, 0.1) is 0 Å². The predicted octanol–water partition coefficient (Wildman–Crippen LogP) is 2.27. The van der Waals surface area contributed by atoms with Crippen molar-refractivity contribution in [3.8, 4) is 0 Å². The zero-order valence-corrected chi connectivity index (χ0v) is 17.0. The average molecular weight is 360 g/mol. The van der Waals surface area contributed by atoms with Crippen LogP contribution in [0.15, 0.2) is 0 Å². The molecule has 0 saturated heterocycles. The van der Waals surface area contributed by atoms with Crippen LogP contribution in [0.4, 0.5) is 0 Å². The molecule has 1 radical (unpaired) electrons. The first kappa shape index (κ1) is 23.8. The van der Waals surface area contributed by atoms with Crippen LogP contribution in [0.5, 0.6) is 0 Å². The van der Waals surface area contributed by atoms with E-state index in [1.807, 2.05) is 20.8 Å². The molecule has 0 atom stereocenters. The Kier molecular flexibility index (Phi) is 19.2. The molecule has 6 nitrogen and oxygen atoms in total. The van der Waals surface area contributed by atoms with E-state index in [4.69, 9.17) is 26.6 Å². The number of hydrogen-bond acceptors (Lipinski definition) is 7. The fourth-order valence-corrected chi connectivity index (χ4v) is 4.47. The van der Waals surface area contributed by atoms with Crippen molar-refractivity contribution in [1.82, 2.24) is 0 Å². The topological polar surface area (TPSA) is 55.4 Å². The fraction of sp³-hybridized carbons (Fsp3) is 1.00. The van der Waals surface area contributed by atoms with Gasteiger partial charge in [-0.2, -0.15) is 12.6 Å². The third-order valence-corrected chi connectivity index (χ3v) is 7.08. The molecule has 0 aromatic rings. The molecule has 0 spiro atoms. The van der Waals surface area contributed by atoms with Gasteiger partial charge in [-0.15, -0.1) is 0 Å². The Balaban J connectivity index is 0. The van der Waals surface area contributed by atoms with Gasteiger partial charge >= 0.3 is 18.3 Å². The van der Waals surface area contributed by atoms with E-state index in [0.717, 1.165) is 18.2 Å². The van der Waals surface area contributed by atoms with E-state index in [9.17, 15) is 0 Å². The van der Waals surface area contributed by atoms with E-state index in [1.54, 1.807) is 21.3 Å². The maximum absolute atomic E-state index is 5.20. The predicted molar refractivity (Wildman–Crippen MR) is 90.7 cm³/mol. The normalized spacial score (nSPS) is 11.4. The summed E-state index contributed by atoms with van der Waals surface area (Å²) in [5.41, 5.74) is 0. The maximum Gasteiger partial charge on any atom is 0.577 e. The summed E-state index contributed by atoms with van der Waals surface area (Å²) in [5, 5.41) is 0. The van der Waals surface area contributed by atoms with Gasteiger partial charge in [-0.25, -0.2) is 0 Å². The highest BCUT2D eigenvalue weighted by molar-refractivity contribution is 7.80. The molecule has 0 rings (SSSR count). The van der Waals surface area contributed by atoms with Crippen LogP contribution in [0, 0.1) is 0 Å². The van der Waals surface area contributed by atoms with Crippen molar-refractivity contribution < 1.29 is 26.6 Å². The third kappa shape index (κ3) is 12.7. The highest BCUT2D eigenvalue weighted by Gasteiger charge is 2.36. The van der Waals surface area contributed by atoms with Crippen molar-refractivity contribution in [3.05, 3.63) is 0 Å². The summed E-state index contributed by atoms with van der Waals surface area (Å²) >= 11 is 4.10. The van der Waals surface area contributed by atoms with Crippen molar-refractivity contribution in [1.29, 1.82) is 0 Å². The summed E-state index contributed by atoms with van der Waals surface area (Å²) < 4.78 is 31.1. The molecule has 0 saturated carbocycles. The molecule has 21 heavy (non-hydrogen) atoms. The summed E-state index contributed by atoms with van der Waals surface area (Å²) in [5.74, 6) is 0.838. The first-order chi connectivity index (χ1) is 10.1. The maximum atomic E-state index is 5.20. The minimum absolute atomic E-state index is 0.661. The van der Waals surface area contributed by atoms with Crippen LogP contribution in [0.1, 0.15) is 27.2 Å². The summed E-state index contributed by atoms with van der Waals surface area (Å²) in [6, 6.07) is 0.833. The molecule has 0 aliphatic rings. The standard InChI is InChI=1S/C6H16O3SSi.C6H15O3Si/c1-7-11(8-2,9-3)6-4-5-10;1-4-7-10(8-5-2)9-6-3/h10H,4-6H2,1-3H3;4-6H2,1-3H3. The quantitative estimate of drug-likeness (QED) is 0.426. The molecule has 0 N–H and O–H groups in total. The Labute approximate surface area is 138 Å². The van der Waals surface area contributed by atoms with Gasteiger partial charge in [0.25, 0.3) is 0 Å². The van der Waals surface area contributed by atoms with Crippen LogP contribution in [-0.2, 0) is 26.6 Å². The van der Waals surface area contributed by atoms with Gasteiger partial charge in [-0.05, 0) is 32.9 Å². The summed E-state index contributed by atoms with van der Waals surface area (Å²) in [6.07, 6.45) is 0.963. The second-order valence-electron chi connectivity index (χ2n) is 3.67. The van der Waals surface area contributed by atoms with Crippen molar-refractivity contribution in [3.63, 3.8) is 0 Å². The van der Waals surface area contributed by atoms with Crippen LogP contribution in [-0.4, -0.2) is 65.2 Å². The van der Waals surface area contributed by atoms with Crippen LogP contribution in [0.3, 0.4) is 0 Å². The molecule has 0 unspecified atom stereocenters. The molecule has 0 aromatic heterocycles. The second-order valence-corrected chi connectivity index (χ2v) is 8.58. The molecule has 0 aliphatic carbocycles. The number of thiol groups is 1. The van der Waals surface area contributed by atoms with E-state index in [-0.39, 0.29) is 0 Å². The third-order valence-electron chi connectivity index (χ3n) is 2.36. The summed E-state index contributed by atoms with van der Waals surface area (Å²) in [4.78, 5) is 0. The molecule has 0 heterocycles. The van der Waals surface area contributed by atoms with E-state index in [0.29, 0.717) is 19.8 Å². The van der Waals surface area contributed by atoms with Crippen LogP contribution in [0.25, 0.3) is 0 Å². The molecule has 129 valence electrons. The molecule has 9 heteroatoms. The first-order valence-electron chi connectivity index (χ1n) is 7.11. The zero-order chi connectivity index (χ0) is 16.6. The Morgan fingerprint density at radius 2 is 1.19 bits per heavy atom. The lowest BCUT2D eigenvalue weighted by Crippen LogP contribution is -2.42. The molecule has 0 bridgehead atoms. The van der Waals surface area contributed by atoms with Crippen molar-refractivity contribution >= 4 is 31.0 Å². The lowest BCUT2D eigenvalue weighted by atomic mass is 10.6. The largest absolute Gasteiger partial charge is 0.577 e. The van der Waals surface area contributed by atoms with E-state index >= 15 is 0 Å². The van der Waals surface area contributed by atoms with Gasteiger partial charge in [0, 0.05) is 47.2 Å². The Hall–Kier alpha value is 0.544. The highest BCUT2D eigenvalue weighted by Crippen LogP contribution is 2.14. The van der Waals surface area contributed by atoms with Crippen molar-refractivity contribution in [2.45, 2.75) is 33.2 Å². The Bertz CT molecular complexity index is 188. The monoisotopic (exact) mass is 359 g/mol. The molecule has 0 aliphatic heterocycles. The van der Waals surface area contributed by atoms with Gasteiger partial charge < -0.3 is 26.6 Å². The van der Waals surface area contributed by atoms with Crippen LogP contribution in [0.2, 0.25) is 6.04 Å². The van der Waals surface area contributed by atoms with E-state index < -0.39 is 18.3 Å². The lowest BCUT2D eigenvalue weighted by molar-refractivity contribution is 0.107. The smallest absolute Gasteiger partial charge is 0.377 e. The molecule has 0 amide bonds. The van der Waals surface area contributed by atoms with Crippen LogP contribution < -0.4 is 0 Å². The van der Waals surface area contributed by atoms with Gasteiger partial charge in [-0.3, -0.25) is 0 Å². The van der Waals surface area contributed by atoms with Crippen LogP contribution >= 0.6 is 12.6 Å². The number of rotatable bonds is 12. The Morgan fingerprint density at radius 3 is 1.43 bits per heavy atom. The molecular formula is C12H31O6SSi2. The van der Waals surface area contributed by atoms with Crippen molar-refractivity contribution in [2.24, 2.45) is 0 Å². The average Bonchev–Trinajstić information content (AvgIpc) is 2.51. The molecule has 0 fully saturated rings. The van der Waals surface area contributed by atoms with Gasteiger partial charge in [-0.1, -0.05) is 0 Å². The van der Waals surface area contributed by atoms with Gasteiger partial charge in [0.15, 0.2) is 0 Å². The Morgan fingerprint density at radius 1 is 0.810 bits per heavy atom. The minimum Gasteiger partial charge on any atom is -0.377 e. The number of hydrogen-bond donors (Lipinski definition) is 1. The highest BCUT2D eigenvalue weighted by atomic mass is 32.1. The second kappa shape index (κ2) is 16.9. The zero-order valence-electron chi connectivity index (χ0n) is 14.1. The first-order valence-corrected chi connectivity index (χ1v) is 10.9. The minimum atomic E-state index is -2.29. The molecular weight excluding hydrogens is 328 g/mol. The van der Waals surface area contributed by atoms with Crippen molar-refractivity contribution in [2.75, 3.05) is 46.9 Å². The van der Waals surface area contributed by atoms with E-state index in [1.165, 1.54) is 0 Å². The van der Waals surface area contributed by atoms with Gasteiger partial charge in [0.1, 0.15) is 0 Å². The lowest BCUT2D eigenvalue weighted by Gasteiger charge is -2.23. The van der Waals surface area contributed by atoms with Gasteiger partial charge in [0.2, 0.25) is 0 Å². The fourth-order valence-electron chi connectivity index (χ4n) is 1.33. The van der Waals surface area contributed by atoms with E-state index in [2.05, 4.69) is 12.6 Å². The molecule has 0 aromatic carbocycles. The summed E-state index contributed by atoms with van der Waals surface area (Å²) in [6.45, 7) is 7.78. The SMILES string of the molecule is CCO[Si](OCC)OCC.CO[Si](CCCS)(OC)OC. The summed E-state index contributed by atoms with van der Waals surface area (Å²) in [7, 11) is 1.18.